The van der Waals surface area contributed by atoms with Crippen LogP contribution < -0.4 is 10.3 Å². The van der Waals surface area contributed by atoms with Gasteiger partial charge in [0.05, 0.1) is 22.1 Å². The molecule has 0 bridgehead atoms. The molecule has 0 amide bonds. The van der Waals surface area contributed by atoms with Gasteiger partial charge in [0, 0.05) is 10.0 Å². The minimum atomic E-state index is -3.87. The average molecular weight is 397 g/mol. The molecular formula is C16H10Cl2N2O4S. The number of hydrazone groups is 1. The van der Waals surface area contributed by atoms with Crippen LogP contribution in [0, 0.1) is 0 Å². The van der Waals surface area contributed by atoms with Crippen molar-refractivity contribution in [1.29, 1.82) is 0 Å². The van der Waals surface area contributed by atoms with Crippen molar-refractivity contribution in [3.8, 4) is 0 Å². The van der Waals surface area contributed by atoms with E-state index in [1.165, 1.54) is 36.6 Å². The fraction of sp³-hybridized carbons (Fsp3) is 0. The van der Waals surface area contributed by atoms with Crippen LogP contribution in [0.5, 0.6) is 0 Å². The number of nitrogens with one attached hydrogen (secondary N) is 1. The summed E-state index contributed by atoms with van der Waals surface area (Å²) in [5.41, 5.74) is 0.0695. The Kier molecular flexibility index (Phi) is 4.80. The average Bonchev–Trinajstić information content (AvgIpc) is 2.58. The molecule has 0 spiro atoms. The Morgan fingerprint density at radius 1 is 1.04 bits per heavy atom. The minimum Gasteiger partial charge on any atom is -0.463 e. The molecule has 25 heavy (non-hydrogen) atoms. The van der Waals surface area contributed by atoms with E-state index in [0.717, 1.165) is 6.21 Å². The Morgan fingerprint density at radius 2 is 1.72 bits per heavy atom. The van der Waals surface area contributed by atoms with Crippen LogP contribution in [-0.4, -0.2) is 14.6 Å². The van der Waals surface area contributed by atoms with Crippen molar-refractivity contribution in [3.63, 3.8) is 0 Å². The second-order valence-electron chi connectivity index (χ2n) is 4.97. The van der Waals surface area contributed by atoms with Crippen LogP contribution in [0.3, 0.4) is 0 Å². The third kappa shape index (κ3) is 3.84. The fourth-order valence-electron chi connectivity index (χ4n) is 2.04. The van der Waals surface area contributed by atoms with Gasteiger partial charge in [0.25, 0.3) is 10.0 Å². The minimum absolute atomic E-state index is 0.00798. The zero-order valence-corrected chi connectivity index (χ0v) is 14.8. The van der Waals surface area contributed by atoms with Gasteiger partial charge in [0.2, 0.25) is 5.43 Å². The fourth-order valence-corrected chi connectivity index (χ4v) is 3.13. The summed E-state index contributed by atoms with van der Waals surface area (Å²) in [6.07, 6.45) is 2.26. The van der Waals surface area contributed by atoms with Gasteiger partial charge in [0.15, 0.2) is 0 Å². The number of benzene rings is 2. The maximum atomic E-state index is 12.3. The summed E-state index contributed by atoms with van der Waals surface area (Å²) >= 11 is 11.6. The molecule has 0 atom stereocenters. The highest BCUT2D eigenvalue weighted by Gasteiger charge is 2.12. The van der Waals surface area contributed by atoms with E-state index < -0.39 is 10.0 Å². The quantitative estimate of drug-likeness (QED) is 0.540. The topological polar surface area (TPSA) is 88.7 Å². The number of nitrogens with zero attached hydrogens (tertiary/aromatic N) is 1. The van der Waals surface area contributed by atoms with E-state index in [1.807, 2.05) is 4.83 Å². The predicted molar refractivity (Wildman–Crippen MR) is 96.9 cm³/mol. The first kappa shape index (κ1) is 17.5. The molecule has 0 fully saturated rings. The van der Waals surface area contributed by atoms with E-state index >= 15 is 0 Å². The van der Waals surface area contributed by atoms with Crippen molar-refractivity contribution in [3.05, 3.63) is 74.6 Å². The van der Waals surface area contributed by atoms with Gasteiger partial charge < -0.3 is 4.42 Å². The highest BCUT2D eigenvalue weighted by atomic mass is 35.5. The molecule has 9 heteroatoms. The van der Waals surface area contributed by atoms with Crippen LogP contribution in [0.15, 0.2) is 67.9 Å². The van der Waals surface area contributed by atoms with E-state index in [9.17, 15) is 13.2 Å². The smallest absolute Gasteiger partial charge is 0.276 e. The third-order valence-corrected chi connectivity index (χ3v) is 4.99. The molecular weight excluding hydrogens is 387 g/mol. The molecule has 1 N–H and O–H groups in total. The maximum absolute atomic E-state index is 12.3. The standard InChI is InChI=1S/C16H10Cl2N2O4S/c17-11-1-4-13(5-2-11)25(22,23)20-19-8-10-9-24-15-6-3-12(18)7-14(15)16(10)21/h1-9,20H/b19-8-. The van der Waals surface area contributed by atoms with E-state index in [-0.39, 0.29) is 21.3 Å². The number of fused-ring (bicyclic) bond motifs is 1. The number of sulfonamides is 1. The third-order valence-electron chi connectivity index (χ3n) is 3.26. The van der Waals surface area contributed by atoms with E-state index in [4.69, 9.17) is 27.6 Å². The second kappa shape index (κ2) is 6.87. The summed E-state index contributed by atoms with van der Waals surface area (Å²) < 4.78 is 29.5. The zero-order valence-electron chi connectivity index (χ0n) is 12.4. The van der Waals surface area contributed by atoms with Gasteiger partial charge in [-0.3, -0.25) is 4.79 Å². The molecule has 0 aliphatic carbocycles. The summed E-state index contributed by atoms with van der Waals surface area (Å²) in [5, 5.41) is 4.69. The lowest BCUT2D eigenvalue weighted by Gasteiger charge is -2.03. The van der Waals surface area contributed by atoms with Crippen molar-refractivity contribution in [2.45, 2.75) is 4.90 Å². The van der Waals surface area contributed by atoms with Crippen LogP contribution in [0.4, 0.5) is 0 Å². The van der Waals surface area contributed by atoms with Crippen molar-refractivity contribution in [2.24, 2.45) is 5.10 Å². The molecule has 6 nitrogen and oxygen atoms in total. The Morgan fingerprint density at radius 3 is 2.44 bits per heavy atom. The Balaban J connectivity index is 1.87. The van der Waals surface area contributed by atoms with Gasteiger partial charge in [-0.05, 0) is 42.5 Å². The van der Waals surface area contributed by atoms with Gasteiger partial charge in [-0.1, -0.05) is 23.2 Å². The van der Waals surface area contributed by atoms with Gasteiger partial charge in [-0.25, -0.2) is 4.83 Å². The molecule has 0 radical (unpaired) electrons. The predicted octanol–water partition coefficient (Wildman–Crippen LogP) is 3.41. The summed E-state index contributed by atoms with van der Waals surface area (Å²) in [6, 6.07) is 10.2. The second-order valence-corrected chi connectivity index (χ2v) is 7.50. The molecule has 3 aromatic rings. The molecule has 1 heterocycles. The van der Waals surface area contributed by atoms with Crippen LogP contribution in [0.2, 0.25) is 10.0 Å². The van der Waals surface area contributed by atoms with Gasteiger partial charge in [0.1, 0.15) is 11.8 Å². The van der Waals surface area contributed by atoms with E-state index in [0.29, 0.717) is 15.6 Å². The highest BCUT2D eigenvalue weighted by molar-refractivity contribution is 7.89. The van der Waals surface area contributed by atoms with Gasteiger partial charge in [-0.15, -0.1) is 0 Å². The molecule has 3 rings (SSSR count). The number of hydrogen-bond acceptors (Lipinski definition) is 5. The lowest BCUT2D eigenvalue weighted by molar-refractivity contribution is 0.584. The summed E-state index contributed by atoms with van der Waals surface area (Å²) in [5.74, 6) is 0. The van der Waals surface area contributed by atoms with Crippen molar-refractivity contribution < 1.29 is 12.8 Å². The summed E-state index contributed by atoms with van der Waals surface area (Å²) in [4.78, 5) is 14.4. The van der Waals surface area contributed by atoms with Crippen LogP contribution >= 0.6 is 23.2 Å². The van der Waals surface area contributed by atoms with E-state index in [2.05, 4.69) is 5.10 Å². The van der Waals surface area contributed by atoms with Crippen LogP contribution in [0.25, 0.3) is 11.0 Å². The molecule has 128 valence electrons. The van der Waals surface area contributed by atoms with Crippen molar-refractivity contribution in [2.75, 3.05) is 0 Å². The van der Waals surface area contributed by atoms with Crippen molar-refractivity contribution >= 4 is 50.4 Å². The van der Waals surface area contributed by atoms with Crippen LogP contribution in [0.1, 0.15) is 5.56 Å². The van der Waals surface area contributed by atoms with Crippen LogP contribution in [-0.2, 0) is 10.0 Å². The maximum Gasteiger partial charge on any atom is 0.276 e. The molecule has 2 aromatic carbocycles. The Hall–Kier alpha value is -2.35. The molecule has 0 aliphatic heterocycles. The Labute approximate surface area is 152 Å². The number of rotatable bonds is 4. The van der Waals surface area contributed by atoms with Gasteiger partial charge in [-0.2, -0.15) is 13.5 Å². The first-order valence-electron chi connectivity index (χ1n) is 6.88. The molecule has 0 unspecified atom stereocenters. The van der Waals surface area contributed by atoms with E-state index in [1.54, 1.807) is 12.1 Å². The van der Waals surface area contributed by atoms with Crippen molar-refractivity contribution in [1.82, 2.24) is 4.83 Å². The summed E-state index contributed by atoms with van der Waals surface area (Å²) in [6.45, 7) is 0. The lowest BCUT2D eigenvalue weighted by atomic mass is 10.2. The normalized spacial score (nSPS) is 11.9. The lowest BCUT2D eigenvalue weighted by Crippen LogP contribution is -2.19. The van der Waals surface area contributed by atoms with Gasteiger partial charge >= 0.3 is 0 Å². The monoisotopic (exact) mass is 396 g/mol. The number of hydrogen-bond donors (Lipinski definition) is 1. The molecule has 1 aromatic heterocycles. The first-order valence-corrected chi connectivity index (χ1v) is 9.12. The highest BCUT2D eigenvalue weighted by Crippen LogP contribution is 2.17. The largest absolute Gasteiger partial charge is 0.463 e. The molecule has 0 saturated heterocycles. The summed E-state index contributed by atoms with van der Waals surface area (Å²) in [7, 11) is -3.87. The Bertz CT molecular complexity index is 1120. The first-order chi connectivity index (χ1) is 11.9. The SMILES string of the molecule is O=c1c(/C=N\NS(=O)(=O)c2ccc(Cl)cc2)coc2ccc(Cl)cc12. The zero-order chi connectivity index (χ0) is 18.0. The number of halogens is 2. The molecule has 0 saturated carbocycles. The molecule has 0 aliphatic rings.